The highest BCUT2D eigenvalue weighted by Crippen LogP contribution is 2.27. The Kier molecular flexibility index (Phi) is 5.33. The van der Waals surface area contributed by atoms with Crippen molar-refractivity contribution in [1.29, 1.82) is 0 Å². The third kappa shape index (κ3) is 4.27. The predicted molar refractivity (Wildman–Crippen MR) is 124 cm³/mol. The molecule has 4 aromatic rings. The monoisotopic (exact) mass is 412 g/mol. The molecule has 7 heteroatoms. The topological polar surface area (TPSA) is 67.0 Å². The summed E-state index contributed by atoms with van der Waals surface area (Å²) >= 11 is 0. The van der Waals surface area contributed by atoms with E-state index in [1.807, 2.05) is 47.1 Å². The first-order chi connectivity index (χ1) is 15.3. The first-order valence-electron chi connectivity index (χ1n) is 10.4. The quantitative estimate of drug-likeness (QED) is 0.397. The number of hydrogen-bond donors (Lipinski definition) is 1. The molecule has 3 heterocycles. The number of anilines is 2. The molecule has 0 atom stereocenters. The second-order valence-corrected chi connectivity index (χ2v) is 7.56. The lowest BCUT2D eigenvalue weighted by Crippen LogP contribution is -2.36. The van der Waals surface area contributed by atoms with Gasteiger partial charge in [0.25, 0.3) is 0 Å². The molecule has 0 aliphatic carbocycles. The van der Waals surface area contributed by atoms with Crippen molar-refractivity contribution in [2.24, 2.45) is 5.10 Å². The van der Waals surface area contributed by atoms with E-state index < -0.39 is 0 Å². The van der Waals surface area contributed by atoms with Gasteiger partial charge < -0.3 is 9.64 Å². The van der Waals surface area contributed by atoms with Gasteiger partial charge in [0.05, 0.1) is 37.0 Å². The maximum atomic E-state index is 5.54. The molecule has 2 aromatic carbocycles. The van der Waals surface area contributed by atoms with Crippen molar-refractivity contribution in [2.45, 2.75) is 6.92 Å². The summed E-state index contributed by atoms with van der Waals surface area (Å²) in [6, 6.07) is 20.4. The van der Waals surface area contributed by atoms with Crippen LogP contribution in [0.25, 0.3) is 16.9 Å². The summed E-state index contributed by atoms with van der Waals surface area (Å²) in [7, 11) is 0. The van der Waals surface area contributed by atoms with E-state index in [9.17, 15) is 0 Å². The summed E-state index contributed by atoms with van der Waals surface area (Å²) < 4.78 is 7.37. The van der Waals surface area contributed by atoms with Gasteiger partial charge >= 0.3 is 0 Å². The third-order valence-corrected chi connectivity index (χ3v) is 5.26. The van der Waals surface area contributed by atoms with Crippen molar-refractivity contribution in [3.63, 3.8) is 0 Å². The maximum absolute atomic E-state index is 5.54. The van der Waals surface area contributed by atoms with Gasteiger partial charge in [-0.25, -0.2) is 9.50 Å². The van der Waals surface area contributed by atoms with Gasteiger partial charge in [-0.1, -0.05) is 60.2 Å². The van der Waals surface area contributed by atoms with Crippen molar-refractivity contribution in [2.75, 3.05) is 36.6 Å². The van der Waals surface area contributed by atoms with Crippen LogP contribution in [0.4, 0.5) is 11.5 Å². The van der Waals surface area contributed by atoms with E-state index in [-0.39, 0.29) is 0 Å². The number of ether oxygens (including phenoxy) is 1. The predicted octanol–water partition coefficient (Wildman–Crippen LogP) is 3.99. The van der Waals surface area contributed by atoms with E-state index in [2.05, 4.69) is 46.6 Å². The summed E-state index contributed by atoms with van der Waals surface area (Å²) in [4.78, 5) is 7.18. The summed E-state index contributed by atoms with van der Waals surface area (Å²) in [5, 5.41) is 9.09. The van der Waals surface area contributed by atoms with Crippen LogP contribution >= 0.6 is 0 Å². The lowest BCUT2D eigenvalue weighted by Gasteiger charge is -2.29. The molecular weight excluding hydrogens is 388 g/mol. The van der Waals surface area contributed by atoms with E-state index in [1.165, 1.54) is 5.56 Å². The van der Waals surface area contributed by atoms with Crippen LogP contribution in [0.5, 0.6) is 0 Å². The van der Waals surface area contributed by atoms with Crippen molar-refractivity contribution in [3.8, 4) is 11.3 Å². The highest BCUT2D eigenvalue weighted by atomic mass is 16.5. The zero-order valence-corrected chi connectivity index (χ0v) is 17.4. The highest BCUT2D eigenvalue weighted by Gasteiger charge is 2.18. The van der Waals surface area contributed by atoms with Crippen molar-refractivity contribution < 1.29 is 4.74 Å². The number of nitrogens with zero attached hydrogens (tertiary/aromatic N) is 5. The van der Waals surface area contributed by atoms with Gasteiger partial charge in [0.2, 0.25) is 0 Å². The second-order valence-electron chi connectivity index (χ2n) is 7.56. The summed E-state index contributed by atoms with van der Waals surface area (Å²) in [5.41, 5.74) is 9.13. The number of rotatable bonds is 5. The molecule has 1 aliphatic rings. The number of aromatic nitrogens is 3. The van der Waals surface area contributed by atoms with Crippen LogP contribution in [0.15, 0.2) is 72.0 Å². The van der Waals surface area contributed by atoms with Crippen molar-refractivity contribution >= 4 is 23.4 Å². The molecule has 0 radical (unpaired) electrons. The van der Waals surface area contributed by atoms with Gasteiger partial charge in [-0.2, -0.15) is 5.10 Å². The van der Waals surface area contributed by atoms with Crippen LogP contribution in [0.1, 0.15) is 11.1 Å². The zero-order chi connectivity index (χ0) is 21.0. The largest absolute Gasteiger partial charge is 0.378 e. The van der Waals surface area contributed by atoms with Crippen LogP contribution < -0.4 is 10.3 Å². The minimum absolute atomic E-state index is 0.662. The highest BCUT2D eigenvalue weighted by molar-refractivity contribution is 5.81. The van der Waals surface area contributed by atoms with Crippen LogP contribution in [-0.2, 0) is 4.74 Å². The number of aryl methyl sites for hydroxylation is 1. The molecule has 5 rings (SSSR count). The van der Waals surface area contributed by atoms with E-state index >= 15 is 0 Å². The number of hydrogen-bond acceptors (Lipinski definition) is 6. The molecule has 0 spiro atoms. The summed E-state index contributed by atoms with van der Waals surface area (Å²) in [6.45, 7) is 5.11. The number of benzene rings is 2. The lowest BCUT2D eigenvalue weighted by molar-refractivity contribution is 0.123. The van der Waals surface area contributed by atoms with Gasteiger partial charge in [-0.15, -0.1) is 5.10 Å². The minimum Gasteiger partial charge on any atom is -0.378 e. The standard InChI is InChI=1S/C24H24N6O/c1-18-6-5-7-19(14-18)16-25-27-23-15-22(29-10-12-31-13-11-29)24-26-21(17-30(24)28-23)20-8-3-2-4-9-20/h2-9,14-17H,10-13H2,1H3,(H,27,28)/b25-16+. The first-order valence-corrected chi connectivity index (χ1v) is 10.4. The smallest absolute Gasteiger partial charge is 0.177 e. The average molecular weight is 412 g/mol. The fourth-order valence-corrected chi connectivity index (χ4v) is 3.72. The molecule has 31 heavy (non-hydrogen) atoms. The Hall–Kier alpha value is -3.71. The Morgan fingerprint density at radius 2 is 1.87 bits per heavy atom. The van der Waals surface area contributed by atoms with Crippen LogP contribution in [0.2, 0.25) is 0 Å². The Morgan fingerprint density at radius 3 is 2.68 bits per heavy atom. The van der Waals surface area contributed by atoms with Crippen molar-refractivity contribution in [3.05, 3.63) is 78.0 Å². The number of nitrogens with one attached hydrogen (secondary N) is 1. The number of hydrazone groups is 1. The van der Waals surface area contributed by atoms with Gasteiger partial charge in [0, 0.05) is 24.7 Å². The lowest BCUT2D eigenvalue weighted by atomic mass is 10.2. The average Bonchev–Trinajstić information content (AvgIpc) is 3.24. The Labute approximate surface area is 181 Å². The minimum atomic E-state index is 0.662. The molecule has 1 N–H and O–H groups in total. The molecule has 0 unspecified atom stereocenters. The van der Waals surface area contributed by atoms with Crippen LogP contribution in [-0.4, -0.2) is 47.1 Å². The molecule has 1 saturated heterocycles. The Morgan fingerprint density at radius 1 is 1.03 bits per heavy atom. The fraction of sp³-hybridized carbons (Fsp3) is 0.208. The fourth-order valence-electron chi connectivity index (χ4n) is 3.72. The molecule has 156 valence electrons. The van der Waals surface area contributed by atoms with E-state index in [0.717, 1.165) is 41.2 Å². The Bertz CT molecular complexity index is 1210. The number of morpholine rings is 1. The molecule has 0 amide bonds. The molecule has 0 bridgehead atoms. The van der Waals surface area contributed by atoms with E-state index in [1.54, 1.807) is 6.21 Å². The van der Waals surface area contributed by atoms with Gasteiger partial charge in [-0.3, -0.25) is 5.43 Å². The van der Waals surface area contributed by atoms with Gasteiger partial charge in [0.1, 0.15) is 0 Å². The van der Waals surface area contributed by atoms with Gasteiger partial charge in [-0.05, 0) is 12.5 Å². The molecule has 1 aliphatic heterocycles. The third-order valence-electron chi connectivity index (χ3n) is 5.26. The maximum Gasteiger partial charge on any atom is 0.177 e. The molecule has 1 fully saturated rings. The Balaban J connectivity index is 1.50. The summed E-state index contributed by atoms with van der Waals surface area (Å²) in [5.74, 6) is 0.662. The molecule has 2 aromatic heterocycles. The SMILES string of the molecule is Cc1cccc(/C=N/Nc2cc(N3CCOCC3)c3nc(-c4ccccc4)cn3n2)c1. The number of fused-ring (bicyclic) bond motifs is 1. The normalized spacial score (nSPS) is 14.4. The van der Waals surface area contributed by atoms with Crippen LogP contribution in [0.3, 0.4) is 0 Å². The zero-order valence-electron chi connectivity index (χ0n) is 17.4. The molecular formula is C24H24N6O. The van der Waals surface area contributed by atoms with Crippen LogP contribution in [0, 0.1) is 6.92 Å². The summed E-state index contributed by atoms with van der Waals surface area (Å²) in [6.07, 6.45) is 3.76. The van der Waals surface area contributed by atoms with Gasteiger partial charge in [0.15, 0.2) is 11.5 Å². The molecule has 0 saturated carbocycles. The van der Waals surface area contributed by atoms with Crippen molar-refractivity contribution in [1.82, 2.24) is 14.6 Å². The van der Waals surface area contributed by atoms with E-state index in [4.69, 9.17) is 14.8 Å². The van der Waals surface area contributed by atoms with E-state index in [0.29, 0.717) is 19.0 Å². The number of imidazole rings is 1. The molecule has 7 nitrogen and oxygen atoms in total. The second kappa shape index (κ2) is 8.57. The first kappa shape index (κ1) is 19.3.